The number of hydrogen-bond donors (Lipinski definition) is 5. The Morgan fingerprint density at radius 2 is 2.00 bits per heavy atom. The van der Waals surface area contributed by atoms with Crippen LogP contribution in [0.5, 0.6) is 0 Å². The summed E-state index contributed by atoms with van der Waals surface area (Å²) in [5, 5.41) is 11.9. The number of halogens is 1. The van der Waals surface area contributed by atoms with Gasteiger partial charge in [0.15, 0.2) is 28.4 Å². The van der Waals surface area contributed by atoms with Crippen molar-refractivity contribution in [3.05, 3.63) is 10.8 Å². The number of piperidine rings is 1. The lowest BCUT2D eigenvalue weighted by atomic mass is 9.91. The highest BCUT2D eigenvalue weighted by molar-refractivity contribution is 6.31. The Morgan fingerprint density at radius 1 is 1.32 bits per heavy atom. The third kappa shape index (κ3) is 6.47. The molecule has 1 saturated heterocycles. The monoisotopic (exact) mass is 412 g/mol. The summed E-state index contributed by atoms with van der Waals surface area (Å²) in [6, 6.07) is 0. The number of nitrogens with one attached hydrogen (secondary N) is 1. The number of hydrogen-bond acceptors (Lipinski definition) is 8. The van der Waals surface area contributed by atoms with Crippen LogP contribution in [-0.2, 0) is 0 Å². The molecule has 0 aromatic carbocycles. The summed E-state index contributed by atoms with van der Waals surface area (Å²) in [7, 11) is 0. The Bertz CT molecular complexity index is 705. The number of carbonyl (C=O) groups is 1. The number of likely N-dealkylation sites (tertiary alicyclic amines) is 1. The molecule has 1 aromatic rings. The molecule has 2 rings (SSSR count). The third-order valence-electron chi connectivity index (χ3n) is 4.84. The van der Waals surface area contributed by atoms with Gasteiger partial charge >= 0.3 is 0 Å². The molecule has 1 fully saturated rings. The zero-order chi connectivity index (χ0) is 20.7. The minimum absolute atomic E-state index is 0.00982. The average molecular weight is 413 g/mol. The van der Waals surface area contributed by atoms with Crippen molar-refractivity contribution in [2.45, 2.75) is 45.3 Å². The van der Waals surface area contributed by atoms with E-state index in [1.165, 1.54) is 0 Å². The molecule has 1 aliphatic rings. The molecular formula is C17H29ClN8O2. The molecule has 0 radical (unpaired) electrons. The molecule has 156 valence electrons. The van der Waals surface area contributed by atoms with Crippen molar-refractivity contribution in [3.8, 4) is 0 Å². The van der Waals surface area contributed by atoms with E-state index < -0.39 is 5.91 Å². The minimum Gasteiger partial charge on any atom is -0.382 e. The van der Waals surface area contributed by atoms with E-state index >= 15 is 0 Å². The topological polar surface area (TPSA) is 169 Å². The summed E-state index contributed by atoms with van der Waals surface area (Å²) in [6.07, 6.45) is 4.90. The van der Waals surface area contributed by atoms with Crippen molar-refractivity contribution in [2.24, 2.45) is 16.6 Å². The highest BCUT2D eigenvalue weighted by Crippen LogP contribution is 2.23. The molecule has 11 heteroatoms. The lowest BCUT2D eigenvalue weighted by molar-refractivity contribution is -0.00416. The number of aliphatic hydroxyl groups is 1. The van der Waals surface area contributed by atoms with E-state index in [4.69, 9.17) is 28.8 Å². The maximum atomic E-state index is 12.1. The van der Waals surface area contributed by atoms with E-state index in [2.05, 4.69) is 25.2 Å². The molecular weight excluding hydrogens is 384 g/mol. The fraction of sp³-hybridized carbons (Fsp3) is 0.647. The van der Waals surface area contributed by atoms with Crippen molar-refractivity contribution in [3.63, 3.8) is 0 Å². The standard InChI is InChI=1S/C17H29ClN8O2/c1-10(27)26-8-5-11(6-9-26)4-2-3-7-22-17(21)25-16(28)12-14(19)24-15(20)13(18)23-12/h10-11,27H,2-9H2,1H3,(H4,19,20,24)(H3,21,22,25,28). The Hall–Kier alpha value is -2.17. The summed E-state index contributed by atoms with van der Waals surface area (Å²) < 4.78 is 0. The quantitative estimate of drug-likeness (QED) is 0.245. The predicted molar refractivity (Wildman–Crippen MR) is 110 cm³/mol. The first-order valence-corrected chi connectivity index (χ1v) is 9.77. The largest absolute Gasteiger partial charge is 0.382 e. The van der Waals surface area contributed by atoms with Crippen LogP contribution in [0, 0.1) is 5.92 Å². The molecule has 1 atom stereocenters. The smallest absolute Gasteiger partial charge is 0.280 e. The van der Waals surface area contributed by atoms with Gasteiger partial charge in [-0.25, -0.2) is 9.97 Å². The van der Waals surface area contributed by atoms with E-state index in [-0.39, 0.29) is 34.7 Å². The van der Waals surface area contributed by atoms with Gasteiger partial charge in [0.25, 0.3) is 5.91 Å². The number of aliphatic imine (C=N–C) groups is 1. The van der Waals surface area contributed by atoms with E-state index in [9.17, 15) is 9.90 Å². The van der Waals surface area contributed by atoms with Crippen LogP contribution in [0.15, 0.2) is 4.99 Å². The van der Waals surface area contributed by atoms with Gasteiger partial charge in [-0.1, -0.05) is 24.4 Å². The second-order valence-electron chi connectivity index (χ2n) is 6.96. The molecule has 0 aliphatic carbocycles. The van der Waals surface area contributed by atoms with E-state index in [0.29, 0.717) is 12.5 Å². The number of aromatic nitrogens is 2. The molecule has 0 spiro atoms. The molecule has 28 heavy (non-hydrogen) atoms. The highest BCUT2D eigenvalue weighted by atomic mass is 35.5. The zero-order valence-corrected chi connectivity index (χ0v) is 16.8. The summed E-state index contributed by atoms with van der Waals surface area (Å²) in [6.45, 7) is 4.22. The van der Waals surface area contributed by atoms with Crippen molar-refractivity contribution < 1.29 is 9.90 Å². The van der Waals surface area contributed by atoms with Gasteiger partial charge in [0, 0.05) is 19.6 Å². The number of nitrogens with two attached hydrogens (primary N) is 3. The SMILES string of the molecule is CC(O)N1CCC(CCCCN=C(N)NC(=O)c2nc(Cl)c(N)nc2N)CC1. The molecule has 1 unspecified atom stereocenters. The maximum Gasteiger partial charge on any atom is 0.280 e. The third-order valence-corrected chi connectivity index (χ3v) is 5.12. The minimum atomic E-state index is -0.641. The van der Waals surface area contributed by atoms with Gasteiger partial charge in [-0.2, -0.15) is 0 Å². The van der Waals surface area contributed by atoms with Crippen LogP contribution in [0.1, 0.15) is 49.5 Å². The molecule has 8 N–H and O–H groups in total. The van der Waals surface area contributed by atoms with E-state index in [0.717, 1.165) is 45.2 Å². The first-order chi connectivity index (χ1) is 13.3. The Kier molecular flexibility index (Phi) is 8.21. The van der Waals surface area contributed by atoms with Crippen LogP contribution in [0.3, 0.4) is 0 Å². The van der Waals surface area contributed by atoms with Crippen LogP contribution >= 0.6 is 11.6 Å². The van der Waals surface area contributed by atoms with Gasteiger partial charge in [0.2, 0.25) is 0 Å². The second-order valence-corrected chi connectivity index (χ2v) is 7.32. The Morgan fingerprint density at radius 3 is 2.64 bits per heavy atom. The van der Waals surface area contributed by atoms with Crippen LogP contribution in [-0.4, -0.2) is 57.7 Å². The summed E-state index contributed by atoms with van der Waals surface area (Å²) in [4.78, 5) is 25.9. The van der Waals surface area contributed by atoms with Gasteiger partial charge < -0.3 is 22.3 Å². The van der Waals surface area contributed by atoms with Gasteiger partial charge in [-0.3, -0.25) is 20.0 Å². The predicted octanol–water partition coefficient (Wildman–Crippen LogP) is 0.560. The number of guanidine groups is 1. The lowest BCUT2D eigenvalue weighted by Crippen LogP contribution is -2.39. The highest BCUT2D eigenvalue weighted by Gasteiger charge is 2.21. The number of anilines is 2. The molecule has 1 amide bonds. The number of carbonyl (C=O) groups excluding carboxylic acids is 1. The lowest BCUT2D eigenvalue weighted by Gasteiger charge is -2.33. The molecule has 1 aliphatic heterocycles. The molecule has 0 saturated carbocycles. The van der Waals surface area contributed by atoms with E-state index in [1.54, 1.807) is 0 Å². The fourth-order valence-corrected chi connectivity index (χ4v) is 3.31. The summed E-state index contributed by atoms with van der Waals surface area (Å²) >= 11 is 5.76. The number of unbranched alkanes of at least 4 members (excludes halogenated alkanes) is 1. The first kappa shape index (κ1) is 22.1. The molecule has 10 nitrogen and oxygen atoms in total. The van der Waals surface area contributed by atoms with Crippen LogP contribution in [0.25, 0.3) is 0 Å². The Labute approximate surface area is 169 Å². The average Bonchev–Trinajstić information content (AvgIpc) is 2.64. The van der Waals surface area contributed by atoms with Crippen molar-refractivity contribution in [1.82, 2.24) is 20.2 Å². The molecule has 0 bridgehead atoms. The normalized spacial score (nSPS) is 17.5. The number of aliphatic hydroxyl groups excluding tert-OH is 1. The van der Waals surface area contributed by atoms with Gasteiger partial charge in [-0.05, 0) is 32.1 Å². The fourth-order valence-electron chi connectivity index (χ4n) is 3.18. The van der Waals surface area contributed by atoms with Gasteiger partial charge in [-0.15, -0.1) is 0 Å². The Balaban J connectivity index is 1.69. The second kappa shape index (κ2) is 10.4. The van der Waals surface area contributed by atoms with Gasteiger partial charge in [0.05, 0.1) is 0 Å². The zero-order valence-electron chi connectivity index (χ0n) is 16.1. The van der Waals surface area contributed by atoms with Crippen LogP contribution in [0.2, 0.25) is 5.15 Å². The molecule has 2 heterocycles. The van der Waals surface area contributed by atoms with Crippen molar-refractivity contribution in [1.29, 1.82) is 0 Å². The maximum absolute atomic E-state index is 12.1. The number of nitrogens with zero attached hydrogens (tertiary/aromatic N) is 4. The summed E-state index contributed by atoms with van der Waals surface area (Å²) in [5.41, 5.74) is 16.7. The van der Waals surface area contributed by atoms with Crippen LogP contribution < -0.4 is 22.5 Å². The molecule has 1 aromatic heterocycles. The van der Waals surface area contributed by atoms with Gasteiger partial charge in [0.1, 0.15) is 6.23 Å². The van der Waals surface area contributed by atoms with Crippen molar-refractivity contribution >= 4 is 35.1 Å². The summed E-state index contributed by atoms with van der Waals surface area (Å²) in [5.74, 6) is -0.141. The van der Waals surface area contributed by atoms with E-state index in [1.807, 2.05) is 6.92 Å². The number of nitrogen functional groups attached to an aromatic ring is 2. The van der Waals surface area contributed by atoms with Crippen LogP contribution in [0.4, 0.5) is 11.6 Å². The van der Waals surface area contributed by atoms with Crippen molar-refractivity contribution in [2.75, 3.05) is 31.1 Å². The number of amides is 1. The number of rotatable bonds is 7. The first-order valence-electron chi connectivity index (χ1n) is 9.39.